The van der Waals surface area contributed by atoms with Gasteiger partial charge in [-0.15, -0.1) is 0 Å². The summed E-state index contributed by atoms with van der Waals surface area (Å²) in [6.45, 7) is 6.02. The Morgan fingerprint density at radius 3 is 2.58 bits per heavy atom. The second kappa shape index (κ2) is 14.2. The van der Waals surface area contributed by atoms with Crippen molar-refractivity contribution < 1.29 is 33.8 Å². The molecule has 2 saturated heterocycles. The third-order valence-corrected chi connectivity index (χ3v) is 10.5. The summed E-state index contributed by atoms with van der Waals surface area (Å²) in [5.41, 5.74) is -0.553. The van der Waals surface area contributed by atoms with Crippen molar-refractivity contribution in [2.75, 3.05) is 19.6 Å². The summed E-state index contributed by atoms with van der Waals surface area (Å²) in [6, 6.07) is 11.4. The summed E-state index contributed by atoms with van der Waals surface area (Å²) in [5, 5.41) is 13.6. The highest BCUT2D eigenvalue weighted by Gasteiger charge is 2.62. The van der Waals surface area contributed by atoms with E-state index in [1.54, 1.807) is 60.9 Å². The van der Waals surface area contributed by atoms with Crippen molar-refractivity contribution in [3.8, 4) is 11.3 Å². The second-order valence-electron chi connectivity index (χ2n) is 15.1. The molecule has 266 valence electrons. The van der Waals surface area contributed by atoms with Crippen LogP contribution in [0.4, 0.5) is 0 Å². The number of carbonyl (C=O) groups is 5. The maximum atomic E-state index is 14.4. The van der Waals surface area contributed by atoms with Crippen LogP contribution in [0.1, 0.15) is 76.2 Å². The molecule has 0 spiro atoms. The molecule has 0 unspecified atom stereocenters. The van der Waals surface area contributed by atoms with E-state index in [0.29, 0.717) is 23.7 Å². The number of aromatic nitrogens is 1. The number of nitrogens with zero attached hydrogens (tertiary/aromatic N) is 3. The Labute approximate surface area is 297 Å². The molecule has 0 bridgehead atoms. The zero-order chi connectivity index (χ0) is 35.8. The van der Waals surface area contributed by atoms with Gasteiger partial charge in [0.15, 0.2) is 0 Å². The number of likely N-dealkylation sites (tertiary alicyclic amines) is 1. The van der Waals surface area contributed by atoms with E-state index in [9.17, 15) is 29.1 Å². The summed E-state index contributed by atoms with van der Waals surface area (Å²) in [4.78, 5) is 75.8. The zero-order valence-corrected chi connectivity index (χ0v) is 29.5. The molecule has 6 rings (SSSR count). The molecule has 6 atom stereocenters. The lowest BCUT2D eigenvalue weighted by atomic mass is 9.92. The quantitative estimate of drug-likeness (QED) is 0.322. The van der Waals surface area contributed by atoms with Crippen LogP contribution in [0, 0.1) is 23.7 Å². The van der Waals surface area contributed by atoms with E-state index in [2.05, 4.69) is 10.3 Å². The Balaban J connectivity index is 1.27. The fourth-order valence-electron chi connectivity index (χ4n) is 7.78. The van der Waals surface area contributed by atoms with Gasteiger partial charge in [-0.05, 0) is 70.7 Å². The SMILES string of the molecule is CC(C)(C)OC(=O)C[C@@H]1CCCCC/C=C\[C@@H]2C[C@@]2(C(=O)O)NC(=O)[C@@H]2[C@H]3CN(C(=O)c4cccc(-c5cccc(Cl)c5)n4)C[C@H]3CN2C1=O. The normalized spacial score (nSPS) is 29.1. The van der Waals surface area contributed by atoms with Crippen LogP contribution >= 0.6 is 11.6 Å². The molecule has 11 nitrogen and oxygen atoms in total. The number of hydrogen-bond acceptors (Lipinski definition) is 7. The standard InChI is InChI=1S/C38H45ClN4O7/c1-37(2,3)50-31(44)18-24-11-7-5-4-6-8-13-26-19-38(26,36(48)49)41-33(45)32-28-22-42(20-25(28)21-43(32)34(24)46)35(47)30-16-10-15-29(40-30)23-12-9-14-27(39)17-23/h8-10,12-17,24-26,28,32H,4-7,11,18-22H2,1-3H3,(H,41,45)(H,48,49)/b13-8-/t24-,25-,26+,28-,32-,38+/m0/s1. The Kier molecular flexibility index (Phi) is 10.1. The highest BCUT2D eigenvalue weighted by atomic mass is 35.5. The molecular weight excluding hydrogens is 660 g/mol. The Hall–Kier alpha value is -4.25. The van der Waals surface area contributed by atoms with Crippen molar-refractivity contribution in [3.05, 3.63) is 65.3 Å². The number of benzene rings is 1. The number of fused-ring (bicyclic) bond motifs is 4. The van der Waals surface area contributed by atoms with E-state index >= 15 is 0 Å². The summed E-state index contributed by atoms with van der Waals surface area (Å²) in [6.07, 6.45) is 7.63. The van der Waals surface area contributed by atoms with Crippen molar-refractivity contribution in [2.24, 2.45) is 23.7 Å². The minimum Gasteiger partial charge on any atom is -0.479 e. The molecule has 1 saturated carbocycles. The summed E-state index contributed by atoms with van der Waals surface area (Å²) in [7, 11) is 0. The van der Waals surface area contributed by atoms with Crippen molar-refractivity contribution in [3.63, 3.8) is 0 Å². The molecule has 2 N–H and O–H groups in total. The number of carboxylic acid groups (broad SMARTS) is 1. The number of carboxylic acids is 1. The number of allylic oxidation sites excluding steroid dienone is 1. The molecule has 0 radical (unpaired) electrons. The number of aliphatic carboxylic acids is 1. The first kappa shape index (κ1) is 35.6. The van der Waals surface area contributed by atoms with E-state index in [1.165, 1.54) is 0 Å². The number of amides is 3. The molecule has 12 heteroatoms. The molecule has 50 heavy (non-hydrogen) atoms. The summed E-state index contributed by atoms with van der Waals surface area (Å²) < 4.78 is 5.59. The lowest BCUT2D eigenvalue weighted by Gasteiger charge is -2.32. The predicted molar refractivity (Wildman–Crippen MR) is 186 cm³/mol. The average molecular weight is 705 g/mol. The first-order chi connectivity index (χ1) is 23.8. The first-order valence-corrected chi connectivity index (χ1v) is 17.9. The van der Waals surface area contributed by atoms with Crippen LogP contribution in [0.5, 0.6) is 0 Å². The molecule has 1 aromatic heterocycles. The molecule has 1 aliphatic carbocycles. The molecule has 3 fully saturated rings. The maximum Gasteiger partial charge on any atom is 0.330 e. The van der Waals surface area contributed by atoms with E-state index < -0.39 is 46.9 Å². The number of halogens is 1. The van der Waals surface area contributed by atoms with Crippen LogP contribution in [0.25, 0.3) is 11.3 Å². The molecular formula is C38H45ClN4O7. The van der Waals surface area contributed by atoms with E-state index in [-0.39, 0.29) is 55.3 Å². The Bertz CT molecular complexity index is 1710. The van der Waals surface area contributed by atoms with Crippen molar-refractivity contribution >= 4 is 41.3 Å². The smallest absolute Gasteiger partial charge is 0.330 e. The maximum absolute atomic E-state index is 14.4. The predicted octanol–water partition coefficient (Wildman–Crippen LogP) is 5.13. The van der Waals surface area contributed by atoms with Gasteiger partial charge in [0, 0.05) is 53.9 Å². The van der Waals surface area contributed by atoms with Gasteiger partial charge in [0.25, 0.3) is 5.91 Å². The van der Waals surface area contributed by atoms with Crippen LogP contribution in [0.15, 0.2) is 54.6 Å². The number of esters is 1. The minimum absolute atomic E-state index is 0.115. The van der Waals surface area contributed by atoms with Gasteiger partial charge in [-0.25, -0.2) is 9.78 Å². The number of nitrogens with one attached hydrogen (secondary N) is 1. The van der Waals surface area contributed by atoms with Gasteiger partial charge >= 0.3 is 11.9 Å². The van der Waals surface area contributed by atoms with Gasteiger partial charge in [0.2, 0.25) is 11.8 Å². The topological polar surface area (TPSA) is 146 Å². The lowest BCUT2D eigenvalue weighted by Crippen LogP contribution is -2.56. The molecule has 4 heterocycles. The van der Waals surface area contributed by atoms with Gasteiger partial charge < -0.3 is 25.0 Å². The van der Waals surface area contributed by atoms with E-state index in [0.717, 1.165) is 31.2 Å². The van der Waals surface area contributed by atoms with Crippen LogP contribution in [0.3, 0.4) is 0 Å². The van der Waals surface area contributed by atoms with Crippen molar-refractivity contribution in [2.45, 2.75) is 82.9 Å². The van der Waals surface area contributed by atoms with Crippen molar-refractivity contribution in [1.82, 2.24) is 20.1 Å². The van der Waals surface area contributed by atoms with E-state index in [1.807, 2.05) is 24.3 Å². The fourth-order valence-corrected chi connectivity index (χ4v) is 7.97. The third-order valence-electron chi connectivity index (χ3n) is 10.3. The van der Waals surface area contributed by atoms with Crippen LogP contribution < -0.4 is 5.32 Å². The summed E-state index contributed by atoms with van der Waals surface area (Å²) >= 11 is 6.19. The lowest BCUT2D eigenvalue weighted by molar-refractivity contribution is -0.159. The van der Waals surface area contributed by atoms with Gasteiger partial charge in [-0.3, -0.25) is 19.2 Å². The zero-order valence-electron chi connectivity index (χ0n) is 28.8. The molecule has 2 aromatic rings. The summed E-state index contributed by atoms with van der Waals surface area (Å²) in [5.74, 6) is -4.47. The third kappa shape index (κ3) is 7.57. The van der Waals surface area contributed by atoms with Crippen LogP contribution in [-0.4, -0.2) is 86.4 Å². The number of ether oxygens (including phenoxy) is 1. The number of pyridine rings is 1. The minimum atomic E-state index is -1.45. The number of rotatable bonds is 5. The monoisotopic (exact) mass is 704 g/mol. The van der Waals surface area contributed by atoms with Crippen LogP contribution in [-0.2, 0) is 23.9 Å². The van der Waals surface area contributed by atoms with Gasteiger partial charge in [0.05, 0.1) is 12.1 Å². The molecule has 3 amide bonds. The van der Waals surface area contributed by atoms with Crippen molar-refractivity contribution in [1.29, 1.82) is 0 Å². The van der Waals surface area contributed by atoms with Gasteiger partial charge in [-0.2, -0.15) is 0 Å². The number of carbonyl (C=O) groups excluding carboxylic acids is 4. The largest absolute Gasteiger partial charge is 0.479 e. The van der Waals surface area contributed by atoms with E-state index in [4.69, 9.17) is 16.3 Å². The highest BCUT2D eigenvalue weighted by Crippen LogP contribution is 2.46. The Morgan fingerprint density at radius 1 is 1.06 bits per heavy atom. The highest BCUT2D eigenvalue weighted by molar-refractivity contribution is 6.30. The fraction of sp³-hybridized carbons (Fsp3) is 0.526. The Morgan fingerprint density at radius 2 is 1.84 bits per heavy atom. The average Bonchev–Trinajstić information content (AvgIpc) is 3.41. The molecule has 1 aromatic carbocycles. The number of hydrogen-bond donors (Lipinski definition) is 2. The second-order valence-corrected chi connectivity index (χ2v) is 15.6. The molecule has 4 aliphatic rings. The van der Waals surface area contributed by atoms with Gasteiger partial charge in [-0.1, -0.05) is 54.8 Å². The van der Waals surface area contributed by atoms with Crippen LogP contribution in [0.2, 0.25) is 5.02 Å². The first-order valence-electron chi connectivity index (χ1n) is 17.5. The van der Waals surface area contributed by atoms with Gasteiger partial charge in [0.1, 0.15) is 22.9 Å². The molecule has 3 aliphatic heterocycles.